The fourth-order valence-electron chi connectivity index (χ4n) is 8.28. The number of pyridine rings is 1. The summed E-state index contributed by atoms with van der Waals surface area (Å²) < 4.78 is 343. The van der Waals surface area contributed by atoms with Crippen molar-refractivity contribution in [3.05, 3.63) is 190 Å². The molecule has 1 heterocycles. The lowest BCUT2D eigenvalue weighted by molar-refractivity contribution is -0.664. The Morgan fingerprint density at radius 3 is 0.840 bits per heavy atom. The summed E-state index contributed by atoms with van der Waals surface area (Å²) in [5, 5.41) is 1.22. The van der Waals surface area contributed by atoms with Gasteiger partial charge in [0.05, 0.1) is 49.4 Å². The minimum absolute atomic E-state index is 0.691. The average molecular weight is 1120 g/mol. The van der Waals surface area contributed by atoms with Crippen molar-refractivity contribution >= 4 is 51.5 Å². The molecular formula is C48H26BF24NS. The Morgan fingerprint density at radius 2 is 0.573 bits per heavy atom. The second kappa shape index (κ2) is 19.9. The third kappa shape index (κ3) is 13.1. The van der Waals surface area contributed by atoms with Crippen molar-refractivity contribution in [2.45, 2.75) is 60.9 Å². The minimum Gasteiger partial charge on any atom is -0.194 e. The van der Waals surface area contributed by atoms with Gasteiger partial charge in [-0.05, 0) is 36.4 Å². The van der Waals surface area contributed by atoms with E-state index in [1.807, 2.05) is 6.07 Å². The molecule has 0 N–H and O–H groups in total. The maximum atomic E-state index is 14.2. The molecule has 0 amide bonds. The van der Waals surface area contributed by atoms with Crippen LogP contribution in [0.3, 0.4) is 0 Å². The van der Waals surface area contributed by atoms with Crippen LogP contribution in [0.15, 0.2) is 145 Å². The van der Waals surface area contributed by atoms with Gasteiger partial charge in [-0.3, -0.25) is 0 Å². The number of aromatic nitrogens is 1. The second-order valence-corrected chi connectivity index (χ2v) is 17.1. The topological polar surface area (TPSA) is 3.88 Å². The first-order chi connectivity index (χ1) is 34.1. The van der Waals surface area contributed by atoms with Gasteiger partial charge in [-0.25, -0.2) is 0 Å². The molecule has 0 saturated carbocycles. The van der Waals surface area contributed by atoms with Gasteiger partial charge in [0.2, 0.25) is 5.52 Å². The summed E-state index contributed by atoms with van der Waals surface area (Å²) in [5.74, 6) is 0. The van der Waals surface area contributed by atoms with E-state index in [-0.39, 0.29) is 0 Å². The molecule has 0 bridgehead atoms. The van der Waals surface area contributed by atoms with E-state index in [2.05, 4.69) is 78.0 Å². The maximum Gasteiger partial charge on any atom is 0.416 e. The van der Waals surface area contributed by atoms with Crippen LogP contribution in [-0.4, -0.2) is 6.15 Å². The molecule has 0 aliphatic rings. The van der Waals surface area contributed by atoms with E-state index < -0.39 is 195 Å². The van der Waals surface area contributed by atoms with Gasteiger partial charge >= 0.3 is 49.4 Å². The fourth-order valence-corrected chi connectivity index (χ4v) is 8.56. The molecule has 75 heavy (non-hydrogen) atoms. The van der Waals surface area contributed by atoms with Crippen molar-refractivity contribution in [1.82, 2.24) is 0 Å². The summed E-state index contributed by atoms with van der Waals surface area (Å²) in [6.45, 7) is 0.871. The number of benzene rings is 6. The van der Waals surface area contributed by atoms with Crippen LogP contribution in [0, 0.1) is 0 Å². The first-order valence-corrected chi connectivity index (χ1v) is 21.0. The quantitative estimate of drug-likeness (QED) is 0.0732. The van der Waals surface area contributed by atoms with Crippen molar-refractivity contribution < 1.29 is 110 Å². The summed E-state index contributed by atoms with van der Waals surface area (Å²) >= 11 is 4.48. The molecule has 1 nitrogen and oxygen atoms in total. The molecule has 0 aliphatic heterocycles. The second-order valence-electron chi connectivity index (χ2n) is 16.6. The van der Waals surface area contributed by atoms with Crippen LogP contribution < -0.4 is 26.4 Å². The van der Waals surface area contributed by atoms with E-state index >= 15 is 0 Å². The molecule has 0 saturated heterocycles. The molecule has 400 valence electrons. The number of para-hydroxylation sites is 1. The molecule has 0 atom stereocenters. The van der Waals surface area contributed by atoms with Gasteiger partial charge in [0, 0.05) is 17.0 Å². The predicted molar refractivity (Wildman–Crippen MR) is 227 cm³/mol. The van der Waals surface area contributed by atoms with Crippen LogP contribution in [0.25, 0.3) is 10.9 Å². The van der Waals surface area contributed by atoms with E-state index in [0.29, 0.717) is 0 Å². The van der Waals surface area contributed by atoms with Crippen molar-refractivity contribution in [2.24, 2.45) is 0 Å². The molecule has 0 spiro atoms. The lowest BCUT2D eigenvalue weighted by atomic mass is 9.12. The normalized spacial score (nSPS) is 13.5. The average Bonchev–Trinajstić information content (AvgIpc) is 3.27. The van der Waals surface area contributed by atoms with Crippen LogP contribution in [0.5, 0.6) is 0 Å². The van der Waals surface area contributed by atoms with Gasteiger partial charge in [0.1, 0.15) is 6.15 Å². The highest BCUT2D eigenvalue weighted by molar-refractivity contribution is 7.80. The van der Waals surface area contributed by atoms with Gasteiger partial charge < -0.3 is 0 Å². The first-order valence-electron chi connectivity index (χ1n) is 20.6. The van der Waals surface area contributed by atoms with Crippen LogP contribution in [0.2, 0.25) is 0 Å². The molecule has 27 heteroatoms. The van der Waals surface area contributed by atoms with Gasteiger partial charge in [-0.2, -0.15) is 132 Å². The lowest BCUT2D eigenvalue weighted by Crippen LogP contribution is -2.75. The highest BCUT2D eigenvalue weighted by Gasteiger charge is 2.47. The molecule has 0 aliphatic carbocycles. The Bertz CT molecular complexity index is 2760. The first kappa shape index (κ1) is 57.7. The molecule has 0 unspecified atom stereocenters. The van der Waals surface area contributed by atoms with E-state index in [1.165, 1.54) is 16.5 Å². The molecular weight excluding hydrogens is 1090 g/mol. The number of nitrogens with zero attached hydrogens (tertiary/aromatic N) is 1. The Labute approximate surface area is 411 Å². The van der Waals surface area contributed by atoms with Gasteiger partial charge in [0.15, 0.2) is 12.7 Å². The van der Waals surface area contributed by atoms with E-state index in [0.717, 1.165) is 11.4 Å². The van der Waals surface area contributed by atoms with Crippen LogP contribution in [-0.2, 0) is 56.0 Å². The summed E-state index contributed by atoms with van der Waals surface area (Å²) in [6.07, 6.45) is -52.7. The Kier molecular flexibility index (Phi) is 15.3. The minimum atomic E-state index is -6.13. The largest absolute Gasteiger partial charge is 0.416 e. The van der Waals surface area contributed by atoms with Crippen LogP contribution in [0.4, 0.5) is 105 Å². The third-order valence-electron chi connectivity index (χ3n) is 11.5. The van der Waals surface area contributed by atoms with Crippen LogP contribution >= 0.6 is 12.6 Å². The Morgan fingerprint density at radius 1 is 0.320 bits per heavy atom. The highest BCUT2D eigenvalue weighted by atomic mass is 32.1. The highest BCUT2D eigenvalue weighted by Crippen LogP contribution is 2.41. The smallest absolute Gasteiger partial charge is 0.194 e. The predicted octanol–water partition coefficient (Wildman–Crippen LogP) is 14.7. The zero-order valence-corrected chi connectivity index (χ0v) is 37.4. The van der Waals surface area contributed by atoms with Gasteiger partial charge in [-0.1, -0.05) is 91.0 Å². The molecule has 0 fully saturated rings. The number of fused-ring (bicyclic) bond motifs is 1. The Balaban J connectivity index is 0.000000421. The number of alkyl halides is 24. The molecule has 7 aromatic rings. The van der Waals surface area contributed by atoms with E-state index in [1.54, 1.807) is 0 Å². The fraction of sp³-hybridized carbons (Fsp3) is 0.188. The molecule has 0 radical (unpaired) electrons. The summed E-state index contributed by atoms with van der Waals surface area (Å²) in [4.78, 5) is 0.990. The standard InChI is InChI=1S/C32H12BF24.C16H13NS/c34-25(35,36)13-1-14(26(37,38)39)6-21(5-13)33(22-7-15(27(40,41)42)2-16(8-22)28(43,44)45,23-9-17(29(46,47)48)3-18(10-23)30(49,50)51)24-11-19(31(52,53)54)4-20(12-24)32(55,56)57;18-15-10-14-8-4-5-9-16(14)17(12-15)11-13-6-2-1-3-7-13/h1-12H;1-10,12H,11H2/q-1;/p+1. The third-order valence-corrected chi connectivity index (χ3v) is 11.7. The summed E-state index contributed by atoms with van der Waals surface area (Å²) in [5.41, 5.74) is -27.7. The summed E-state index contributed by atoms with van der Waals surface area (Å²) in [6, 6.07) is 12.2. The van der Waals surface area contributed by atoms with Crippen molar-refractivity contribution in [3.63, 3.8) is 0 Å². The number of rotatable bonds is 6. The lowest BCUT2D eigenvalue weighted by Gasteiger charge is -2.46. The van der Waals surface area contributed by atoms with E-state index in [9.17, 15) is 105 Å². The van der Waals surface area contributed by atoms with Crippen molar-refractivity contribution in [3.8, 4) is 0 Å². The Hall–Kier alpha value is -6.54. The SMILES string of the molecule is FC(F)(F)c1cc([B-](c2cc(C(F)(F)F)cc(C(F)(F)F)c2)(c2cc(C(F)(F)F)cc(C(F)(F)F)c2)c2cc(C(F)(F)F)cc(C(F)(F)F)c2)cc(C(F)(F)F)c1.Sc1cc2ccccc2[n+](Cc2ccccc2)c1. The number of thiol groups is 1. The van der Waals surface area contributed by atoms with Gasteiger partial charge in [0.25, 0.3) is 0 Å². The van der Waals surface area contributed by atoms with Crippen molar-refractivity contribution in [2.75, 3.05) is 0 Å². The number of halogens is 24. The summed E-state index contributed by atoms with van der Waals surface area (Å²) in [7, 11) is 0. The maximum absolute atomic E-state index is 14.2. The molecule has 7 rings (SSSR count). The van der Waals surface area contributed by atoms with Crippen molar-refractivity contribution in [1.29, 1.82) is 0 Å². The van der Waals surface area contributed by atoms with E-state index in [4.69, 9.17) is 0 Å². The monoisotopic (exact) mass is 1120 g/mol. The molecule has 1 aromatic heterocycles. The number of hydrogen-bond acceptors (Lipinski definition) is 1. The number of hydrogen-bond donors (Lipinski definition) is 1. The van der Waals surface area contributed by atoms with Crippen LogP contribution in [0.1, 0.15) is 50.1 Å². The zero-order chi connectivity index (χ0) is 56.3. The van der Waals surface area contributed by atoms with Gasteiger partial charge in [-0.15, -0.1) is 12.6 Å². The molecule has 6 aromatic carbocycles. The zero-order valence-electron chi connectivity index (χ0n) is 36.5.